The van der Waals surface area contributed by atoms with Crippen LogP contribution in [0, 0.1) is 6.92 Å². The molecule has 0 unspecified atom stereocenters. The molecule has 23 heavy (non-hydrogen) atoms. The monoisotopic (exact) mass is 334 g/mol. The Kier molecular flexibility index (Phi) is 4.68. The second-order valence-electron chi connectivity index (χ2n) is 7.43. The van der Waals surface area contributed by atoms with Crippen molar-refractivity contribution >= 4 is 25.3 Å². The number of hydrogen-bond donors (Lipinski definition) is 1. The molecule has 1 heterocycles. The lowest BCUT2D eigenvalue weighted by molar-refractivity contribution is 0.0697. The molecule has 0 fully saturated rings. The number of hydrogen-bond acceptors (Lipinski definition) is 3. The van der Waals surface area contributed by atoms with Crippen LogP contribution in [0.25, 0.3) is 11.0 Å². The Bertz CT molecular complexity index is 729. The molecule has 0 aliphatic heterocycles. The van der Waals surface area contributed by atoms with Crippen LogP contribution in [0.3, 0.4) is 0 Å². The summed E-state index contributed by atoms with van der Waals surface area (Å²) in [6.45, 7) is 14.5. The summed E-state index contributed by atoms with van der Waals surface area (Å²) in [7, 11) is -1.76. The van der Waals surface area contributed by atoms with Crippen molar-refractivity contribution in [1.29, 1.82) is 0 Å². The van der Waals surface area contributed by atoms with Gasteiger partial charge >= 0.3 is 5.97 Å². The molecule has 6 heteroatoms. The maximum atomic E-state index is 11.1. The fourth-order valence-electron chi connectivity index (χ4n) is 2.27. The second-order valence-corrected chi connectivity index (χ2v) is 12.2. The number of rotatable bonds is 5. The SMILES string of the molecule is Cc1nc2cc(C(=O)O)ccc2n1CCO[Si](C)(C)C(C)(C)C. The maximum absolute atomic E-state index is 11.1. The van der Waals surface area contributed by atoms with Crippen LogP contribution in [0.5, 0.6) is 0 Å². The summed E-state index contributed by atoms with van der Waals surface area (Å²) >= 11 is 0. The van der Waals surface area contributed by atoms with Crippen LogP contribution in [0.15, 0.2) is 18.2 Å². The number of aromatic carboxylic acids is 1. The molecule has 0 aliphatic carbocycles. The molecular formula is C17H26N2O3Si. The van der Waals surface area contributed by atoms with E-state index in [-0.39, 0.29) is 10.6 Å². The van der Waals surface area contributed by atoms with Crippen LogP contribution >= 0.6 is 0 Å². The van der Waals surface area contributed by atoms with Crippen LogP contribution in [-0.4, -0.2) is 35.6 Å². The van der Waals surface area contributed by atoms with Gasteiger partial charge in [-0.3, -0.25) is 0 Å². The van der Waals surface area contributed by atoms with Crippen LogP contribution in [0.1, 0.15) is 37.0 Å². The number of benzene rings is 1. The fraction of sp³-hybridized carbons (Fsp3) is 0.529. The van der Waals surface area contributed by atoms with E-state index in [0.717, 1.165) is 23.4 Å². The number of fused-ring (bicyclic) bond motifs is 1. The summed E-state index contributed by atoms with van der Waals surface area (Å²) in [6.07, 6.45) is 0. The Labute approximate surface area is 138 Å². The molecule has 0 saturated heterocycles. The van der Waals surface area contributed by atoms with E-state index in [4.69, 9.17) is 9.53 Å². The first-order valence-corrected chi connectivity index (χ1v) is 10.8. The molecule has 0 amide bonds. The quantitative estimate of drug-likeness (QED) is 0.837. The Morgan fingerprint density at radius 2 is 2.00 bits per heavy atom. The van der Waals surface area contributed by atoms with Crippen molar-refractivity contribution in [1.82, 2.24) is 9.55 Å². The number of carbonyl (C=O) groups is 1. The van der Waals surface area contributed by atoms with Gasteiger partial charge in [-0.2, -0.15) is 0 Å². The second kappa shape index (κ2) is 6.09. The van der Waals surface area contributed by atoms with Crippen molar-refractivity contribution in [2.45, 2.75) is 52.4 Å². The summed E-state index contributed by atoms with van der Waals surface area (Å²) in [5.74, 6) is -0.0540. The predicted molar refractivity (Wildman–Crippen MR) is 94.6 cm³/mol. The molecule has 0 saturated carbocycles. The summed E-state index contributed by atoms with van der Waals surface area (Å²) in [5, 5.41) is 9.27. The van der Waals surface area contributed by atoms with E-state index < -0.39 is 14.3 Å². The Hall–Kier alpha value is -1.66. The Morgan fingerprint density at radius 1 is 1.35 bits per heavy atom. The molecule has 0 bridgehead atoms. The zero-order valence-corrected chi connectivity index (χ0v) is 15.8. The van der Waals surface area contributed by atoms with E-state index in [2.05, 4.69) is 43.4 Å². The van der Waals surface area contributed by atoms with Gasteiger partial charge in [-0.05, 0) is 43.3 Å². The minimum Gasteiger partial charge on any atom is -0.478 e. The first-order chi connectivity index (χ1) is 10.5. The first kappa shape index (κ1) is 17.7. The third-order valence-corrected chi connectivity index (χ3v) is 9.31. The van der Waals surface area contributed by atoms with E-state index in [9.17, 15) is 4.79 Å². The maximum Gasteiger partial charge on any atom is 0.335 e. The van der Waals surface area contributed by atoms with Gasteiger partial charge in [0.1, 0.15) is 5.82 Å². The predicted octanol–water partition coefficient (Wildman–Crippen LogP) is 4.06. The normalized spacial score (nSPS) is 12.8. The number of aryl methyl sites for hydroxylation is 1. The number of aromatic nitrogens is 2. The lowest BCUT2D eigenvalue weighted by Crippen LogP contribution is -2.41. The van der Waals surface area contributed by atoms with E-state index in [1.54, 1.807) is 12.1 Å². The summed E-state index contributed by atoms with van der Waals surface area (Å²) in [4.78, 5) is 15.5. The number of carboxylic acid groups (broad SMARTS) is 1. The van der Waals surface area contributed by atoms with Gasteiger partial charge in [0, 0.05) is 6.54 Å². The molecule has 1 N–H and O–H groups in total. The zero-order chi connectivity index (χ0) is 17.4. The topological polar surface area (TPSA) is 64.3 Å². The summed E-state index contributed by atoms with van der Waals surface area (Å²) < 4.78 is 8.32. The molecule has 2 aromatic rings. The van der Waals surface area contributed by atoms with Gasteiger partial charge in [0.05, 0.1) is 23.2 Å². The Balaban J connectivity index is 2.18. The minimum absolute atomic E-state index is 0.190. The minimum atomic E-state index is -1.76. The fourth-order valence-corrected chi connectivity index (χ4v) is 3.31. The van der Waals surface area contributed by atoms with E-state index in [1.165, 1.54) is 0 Å². The van der Waals surface area contributed by atoms with Gasteiger partial charge in [-0.15, -0.1) is 0 Å². The van der Waals surface area contributed by atoms with Gasteiger partial charge < -0.3 is 14.1 Å². The lowest BCUT2D eigenvalue weighted by atomic mass is 10.2. The molecule has 126 valence electrons. The molecule has 0 radical (unpaired) electrons. The van der Waals surface area contributed by atoms with Crippen LogP contribution in [0.2, 0.25) is 18.1 Å². The number of nitrogens with zero attached hydrogens (tertiary/aromatic N) is 2. The van der Waals surface area contributed by atoms with E-state index in [0.29, 0.717) is 6.61 Å². The van der Waals surface area contributed by atoms with Crippen LogP contribution < -0.4 is 0 Å². The van der Waals surface area contributed by atoms with Gasteiger partial charge in [0.25, 0.3) is 0 Å². The third kappa shape index (κ3) is 3.64. The molecule has 0 spiro atoms. The van der Waals surface area contributed by atoms with E-state index >= 15 is 0 Å². The van der Waals surface area contributed by atoms with Crippen molar-refractivity contribution in [3.63, 3.8) is 0 Å². The summed E-state index contributed by atoms with van der Waals surface area (Å²) in [6, 6.07) is 5.07. The van der Waals surface area contributed by atoms with Crippen molar-refractivity contribution in [3.05, 3.63) is 29.6 Å². The van der Waals surface area contributed by atoms with Crippen molar-refractivity contribution < 1.29 is 14.3 Å². The molecule has 0 aliphatic rings. The molecule has 1 aromatic heterocycles. The molecule has 2 rings (SSSR count). The highest BCUT2D eigenvalue weighted by atomic mass is 28.4. The smallest absolute Gasteiger partial charge is 0.335 e. The molecular weight excluding hydrogens is 308 g/mol. The molecule has 5 nitrogen and oxygen atoms in total. The van der Waals surface area contributed by atoms with E-state index in [1.807, 2.05) is 13.0 Å². The van der Waals surface area contributed by atoms with Crippen LogP contribution in [0.4, 0.5) is 0 Å². The average Bonchev–Trinajstić information content (AvgIpc) is 2.72. The van der Waals surface area contributed by atoms with Crippen molar-refractivity contribution in [2.75, 3.05) is 6.61 Å². The average molecular weight is 334 g/mol. The van der Waals surface area contributed by atoms with Gasteiger partial charge in [-0.25, -0.2) is 9.78 Å². The van der Waals surface area contributed by atoms with Gasteiger partial charge in [0.15, 0.2) is 8.32 Å². The number of imidazole rings is 1. The zero-order valence-electron chi connectivity index (χ0n) is 14.8. The highest BCUT2D eigenvalue weighted by molar-refractivity contribution is 6.74. The largest absolute Gasteiger partial charge is 0.478 e. The summed E-state index contributed by atoms with van der Waals surface area (Å²) in [5.41, 5.74) is 1.93. The standard InChI is InChI=1S/C17H26N2O3Si/c1-12-18-14-11-13(16(20)21)7-8-15(14)19(12)9-10-22-23(5,6)17(2,3)4/h7-8,11H,9-10H2,1-6H3,(H,20,21). The van der Waals surface area contributed by atoms with Crippen molar-refractivity contribution in [3.8, 4) is 0 Å². The van der Waals surface area contributed by atoms with Crippen molar-refractivity contribution in [2.24, 2.45) is 0 Å². The lowest BCUT2D eigenvalue weighted by Gasteiger charge is -2.36. The third-order valence-electron chi connectivity index (χ3n) is 4.77. The molecule has 0 atom stereocenters. The number of carboxylic acids is 1. The van der Waals surface area contributed by atoms with Gasteiger partial charge in [0.2, 0.25) is 0 Å². The first-order valence-electron chi connectivity index (χ1n) is 7.87. The highest BCUT2D eigenvalue weighted by Gasteiger charge is 2.36. The van der Waals surface area contributed by atoms with Gasteiger partial charge in [-0.1, -0.05) is 20.8 Å². The Morgan fingerprint density at radius 3 is 2.57 bits per heavy atom. The van der Waals surface area contributed by atoms with Crippen LogP contribution in [-0.2, 0) is 11.0 Å². The molecule has 1 aromatic carbocycles. The highest BCUT2D eigenvalue weighted by Crippen LogP contribution is 2.36.